The zero-order valence-electron chi connectivity index (χ0n) is 13.8. The van der Waals surface area contributed by atoms with Gasteiger partial charge in [0.15, 0.2) is 0 Å². The number of anilines is 1. The lowest BCUT2D eigenvalue weighted by atomic mass is 10.0. The van der Waals surface area contributed by atoms with Crippen LogP contribution in [0.2, 0.25) is 0 Å². The maximum Gasteiger partial charge on any atom is 0.225 e. The van der Waals surface area contributed by atoms with Crippen molar-refractivity contribution in [1.82, 2.24) is 20.2 Å². The topological polar surface area (TPSA) is 44.3 Å². The number of aromatic nitrogens is 2. The average molecular weight is 291 g/mol. The highest BCUT2D eigenvalue weighted by Gasteiger charge is 2.22. The van der Waals surface area contributed by atoms with Gasteiger partial charge in [0, 0.05) is 56.7 Å². The van der Waals surface area contributed by atoms with Gasteiger partial charge >= 0.3 is 0 Å². The van der Waals surface area contributed by atoms with E-state index in [1.54, 1.807) is 0 Å². The molecular formula is C16H29N5. The molecule has 1 aliphatic heterocycles. The minimum absolute atomic E-state index is 0.483. The zero-order chi connectivity index (χ0) is 15.2. The fourth-order valence-electron chi connectivity index (χ4n) is 2.73. The Bertz CT molecular complexity index is 409. The summed E-state index contributed by atoms with van der Waals surface area (Å²) in [6, 6.07) is 1.04. The van der Waals surface area contributed by atoms with E-state index in [1.165, 1.54) is 25.9 Å². The largest absolute Gasteiger partial charge is 0.341 e. The minimum Gasteiger partial charge on any atom is -0.341 e. The number of rotatable bonds is 6. The van der Waals surface area contributed by atoms with Crippen molar-refractivity contribution < 1.29 is 0 Å². The fourth-order valence-corrected chi connectivity index (χ4v) is 2.73. The molecule has 1 aliphatic rings. The minimum atomic E-state index is 0.483. The van der Waals surface area contributed by atoms with Gasteiger partial charge < -0.3 is 15.1 Å². The van der Waals surface area contributed by atoms with Crippen molar-refractivity contribution in [3.05, 3.63) is 18.0 Å². The lowest BCUT2D eigenvalue weighted by Gasteiger charge is -2.36. The smallest absolute Gasteiger partial charge is 0.225 e. The molecule has 1 aromatic heterocycles. The predicted molar refractivity (Wildman–Crippen MR) is 87.5 cm³/mol. The first kappa shape index (κ1) is 16.2. The van der Waals surface area contributed by atoms with Gasteiger partial charge in [-0.1, -0.05) is 20.8 Å². The first-order valence-corrected chi connectivity index (χ1v) is 8.09. The molecule has 0 aliphatic carbocycles. The van der Waals surface area contributed by atoms with E-state index < -0.39 is 0 Å². The molecule has 5 heteroatoms. The summed E-state index contributed by atoms with van der Waals surface area (Å²) < 4.78 is 0. The SMILES string of the molecule is CCN1CCC(N(C)c2ncc(CNC(C)C)cn2)CC1. The summed E-state index contributed by atoms with van der Waals surface area (Å²) in [6.45, 7) is 10.9. The first-order valence-electron chi connectivity index (χ1n) is 8.09. The van der Waals surface area contributed by atoms with E-state index in [0.29, 0.717) is 12.1 Å². The molecule has 0 bridgehead atoms. The van der Waals surface area contributed by atoms with Crippen LogP contribution in [0.3, 0.4) is 0 Å². The Morgan fingerprint density at radius 1 is 1.29 bits per heavy atom. The molecule has 1 saturated heterocycles. The Morgan fingerprint density at radius 2 is 1.90 bits per heavy atom. The third kappa shape index (κ3) is 4.64. The number of nitrogens with zero attached hydrogens (tertiary/aromatic N) is 4. The first-order chi connectivity index (χ1) is 10.1. The Labute approximate surface area is 128 Å². The molecule has 0 saturated carbocycles. The van der Waals surface area contributed by atoms with E-state index in [-0.39, 0.29) is 0 Å². The van der Waals surface area contributed by atoms with Gasteiger partial charge in [-0.2, -0.15) is 0 Å². The third-order valence-corrected chi connectivity index (χ3v) is 4.27. The van der Waals surface area contributed by atoms with Crippen molar-refractivity contribution in [3.63, 3.8) is 0 Å². The van der Waals surface area contributed by atoms with Crippen LogP contribution in [0.5, 0.6) is 0 Å². The van der Waals surface area contributed by atoms with E-state index in [1.807, 2.05) is 12.4 Å². The Kier molecular flexibility index (Phi) is 5.94. The molecule has 21 heavy (non-hydrogen) atoms. The lowest BCUT2D eigenvalue weighted by Crippen LogP contribution is -2.43. The molecule has 0 unspecified atom stereocenters. The van der Waals surface area contributed by atoms with Gasteiger partial charge in [0.25, 0.3) is 0 Å². The summed E-state index contributed by atoms with van der Waals surface area (Å²) in [7, 11) is 2.12. The second kappa shape index (κ2) is 7.71. The number of piperidine rings is 1. The highest BCUT2D eigenvalue weighted by Crippen LogP contribution is 2.18. The van der Waals surface area contributed by atoms with Crippen LogP contribution in [0.1, 0.15) is 39.2 Å². The summed E-state index contributed by atoms with van der Waals surface area (Å²) in [5, 5.41) is 3.39. The molecule has 2 heterocycles. The van der Waals surface area contributed by atoms with E-state index in [9.17, 15) is 0 Å². The number of nitrogens with one attached hydrogen (secondary N) is 1. The van der Waals surface area contributed by atoms with Crippen molar-refractivity contribution in [2.75, 3.05) is 31.6 Å². The number of likely N-dealkylation sites (tertiary alicyclic amines) is 1. The maximum absolute atomic E-state index is 4.53. The summed E-state index contributed by atoms with van der Waals surface area (Å²) in [4.78, 5) is 13.8. The second-order valence-corrected chi connectivity index (χ2v) is 6.20. The molecule has 1 N–H and O–H groups in total. The normalized spacial score (nSPS) is 17.4. The Hall–Kier alpha value is -1.20. The van der Waals surface area contributed by atoms with Crippen molar-refractivity contribution in [2.45, 2.75) is 52.2 Å². The van der Waals surface area contributed by atoms with Crippen LogP contribution >= 0.6 is 0 Å². The maximum atomic E-state index is 4.53. The van der Waals surface area contributed by atoms with Gasteiger partial charge in [0.05, 0.1) is 0 Å². The molecule has 0 atom stereocenters. The van der Waals surface area contributed by atoms with Gasteiger partial charge in [-0.3, -0.25) is 0 Å². The molecular weight excluding hydrogens is 262 g/mol. The molecule has 118 valence electrons. The predicted octanol–water partition coefficient (Wildman–Crippen LogP) is 1.90. The zero-order valence-corrected chi connectivity index (χ0v) is 13.8. The quantitative estimate of drug-likeness (QED) is 0.867. The molecule has 0 spiro atoms. The van der Waals surface area contributed by atoms with E-state index in [0.717, 1.165) is 24.6 Å². The summed E-state index contributed by atoms with van der Waals surface area (Å²) in [5.41, 5.74) is 1.14. The number of hydrogen-bond donors (Lipinski definition) is 1. The van der Waals surface area contributed by atoms with Crippen molar-refractivity contribution in [3.8, 4) is 0 Å². The average Bonchev–Trinajstić information content (AvgIpc) is 2.53. The molecule has 0 amide bonds. The third-order valence-electron chi connectivity index (χ3n) is 4.27. The standard InChI is InChI=1S/C16H29N5/c1-5-21-8-6-15(7-9-21)20(4)16-18-11-14(12-19-16)10-17-13(2)3/h11-13,15,17H,5-10H2,1-4H3. The molecule has 1 fully saturated rings. The summed E-state index contributed by atoms with van der Waals surface area (Å²) in [6.07, 6.45) is 6.28. The van der Waals surface area contributed by atoms with Crippen LogP contribution in [0.4, 0.5) is 5.95 Å². The van der Waals surface area contributed by atoms with Crippen LogP contribution in [-0.4, -0.2) is 53.6 Å². The lowest BCUT2D eigenvalue weighted by molar-refractivity contribution is 0.220. The molecule has 1 aromatic rings. The van der Waals surface area contributed by atoms with Crippen molar-refractivity contribution >= 4 is 5.95 Å². The van der Waals surface area contributed by atoms with Crippen molar-refractivity contribution in [1.29, 1.82) is 0 Å². The van der Waals surface area contributed by atoms with E-state index in [4.69, 9.17) is 0 Å². The highest BCUT2D eigenvalue weighted by molar-refractivity contribution is 5.30. The molecule has 2 rings (SSSR count). The van der Waals surface area contributed by atoms with E-state index >= 15 is 0 Å². The molecule has 5 nitrogen and oxygen atoms in total. The van der Waals surface area contributed by atoms with Gasteiger partial charge in [0.2, 0.25) is 5.95 Å². The highest BCUT2D eigenvalue weighted by atomic mass is 15.3. The van der Waals surface area contributed by atoms with Gasteiger partial charge in [0.1, 0.15) is 0 Å². The summed E-state index contributed by atoms with van der Waals surface area (Å²) in [5.74, 6) is 0.846. The Balaban J connectivity index is 1.89. The van der Waals surface area contributed by atoms with Crippen LogP contribution in [0.15, 0.2) is 12.4 Å². The molecule has 0 radical (unpaired) electrons. The van der Waals surface area contributed by atoms with Crippen LogP contribution < -0.4 is 10.2 Å². The van der Waals surface area contributed by atoms with Gasteiger partial charge in [-0.05, 0) is 19.4 Å². The van der Waals surface area contributed by atoms with E-state index in [2.05, 4.69) is 52.9 Å². The van der Waals surface area contributed by atoms with Gasteiger partial charge in [-0.15, -0.1) is 0 Å². The van der Waals surface area contributed by atoms with Crippen LogP contribution in [-0.2, 0) is 6.54 Å². The van der Waals surface area contributed by atoms with Crippen molar-refractivity contribution in [2.24, 2.45) is 0 Å². The fraction of sp³-hybridized carbons (Fsp3) is 0.750. The monoisotopic (exact) mass is 291 g/mol. The van der Waals surface area contributed by atoms with Crippen LogP contribution in [0.25, 0.3) is 0 Å². The summed E-state index contributed by atoms with van der Waals surface area (Å²) >= 11 is 0. The molecule has 0 aromatic carbocycles. The second-order valence-electron chi connectivity index (χ2n) is 6.20. The van der Waals surface area contributed by atoms with Crippen LogP contribution in [0, 0.1) is 0 Å². The Morgan fingerprint density at radius 3 is 2.43 bits per heavy atom. The number of hydrogen-bond acceptors (Lipinski definition) is 5. The van der Waals surface area contributed by atoms with Gasteiger partial charge in [-0.25, -0.2) is 9.97 Å².